The molecule has 0 atom stereocenters. The molecule has 3 rings (SSSR count). The monoisotopic (exact) mass is 598 g/mol. The van der Waals surface area contributed by atoms with Crippen LogP contribution in [0.25, 0.3) is 0 Å². The lowest BCUT2D eigenvalue weighted by molar-refractivity contribution is -0.119. The third-order valence-corrected chi connectivity index (χ3v) is 8.32. The van der Waals surface area contributed by atoms with E-state index in [9.17, 15) is 17.6 Å². The van der Waals surface area contributed by atoms with Crippen molar-refractivity contribution in [1.82, 2.24) is 5.32 Å². The van der Waals surface area contributed by atoms with Crippen molar-refractivity contribution >= 4 is 56.0 Å². The molecule has 5 nitrogen and oxygen atoms in total. The molecule has 9 heteroatoms. The number of hydrogen-bond donors (Lipinski definition) is 1. The van der Waals surface area contributed by atoms with Gasteiger partial charge >= 0.3 is 0 Å². The molecule has 0 unspecified atom stereocenters. The molecule has 0 aliphatic rings. The first-order chi connectivity index (χ1) is 15.9. The molecule has 174 valence electrons. The summed E-state index contributed by atoms with van der Waals surface area (Å²) < 4.78 is 41.5. The Balaban J connectivity index is 1.55. The summed E-state index contributed by atoms with van der Waals surface area (Å²) in [6.45, 7) is 0.141. The zero-order valence-electron chi connectivity index (χ0n) is 17.8. The third kappa shape index (κ3) is 7.72. The fourth-order valence-electron chi connectivity index (χ4n) is 3.00. The van der Waals surface area contributed by atoms with E-state index in [0.29, 0.717) is 12.2 Å². The molecule has 0 radical (unpaired) electrons. The van der Waals surface area contributed by atoms with Crippen molar-refractivity contribution in [3.63, 3.8) is 0 Å². The summed E-state index contributed by atoms with van der Waals surface area (Å²) in [5.41, 5.74) is 1.48. The van der Waals surface area contributed by atoms with Crippen LogP contribution in [0.1, 0.15) is 12.0 Å². The smallest absolute Gasteiger partial charge is 0.264 e. The van der Waals surface area contributed by atoms with Crippen LogP contribution in [0, 0.1) is 9.39 Å². The van der Waals surface area contributed by atoms with Gasteiger partial charge in [-0.25, -0.2) is 12.8 Å². The zero-order valence-corrected chi connectivity index (χ0v) is 21.6. The molecule has 3 aromatic carbocycles. The molecule has 0 bridgehead atoms. The number of nitrogens with zero attached hydrogens (tertiary/aromatic N) is 1. The SMILES string of the molecule is O=C(CN(c1ccc(I)cc1)S(=O)(=O)c1ccccc1)NCCCSCc1ccc(F)cc1. The summed E-state index contributed by atoms with van der Waals surface area (Å²) >= 11 is 3.84. The van der Waals surface area contributed by atoms with Crippen LogP contribution in [-0.4, -0.2) is 33.2 Å². The number of amides is 1. The van der Waals surface area contributed by atoms with Crippen molar-refractivity contribution < 1.29 is 17.6 Å². The summed E-state index contributed by atoms with van der Waals surface area (Å²) in [7, 11) is -3.90. The van der Waals surface area contributed by atoms with Crippen LogP contribution in [0.3, 0.4) is 0 Å². The fourth-order valence-corrected chi connectivity index (χ4v) is 5.72. The van der Waals surface area contributed by atoms with Crippen LogP contribution >= 0.6 is 34.4 Å². The van der Waals surface area contributed by atoms with Crippen LogP contribution in [0.4, 0.5) is 10.1 Å². The van der Waals surface area contributed by atoms with Gasteiger partial charge in [0.25, 0.3) is 10.0 Å². The Hall–Kier alpha value is -2.11. The minimum atomic E-state index is -3.90. The van der Waals surface area contributed by atoms with Gasteiger partial charge in [-0.1, -0.05) is 30.3 Å². The Morgan fingerprint density at radius 2 is 1.64 bits per heavy atom. The number of sulfonamides is 1. The highest BCUT2D eigenvalue weighted by atomic mass is 127. The lowest BCUT2D eigenvalue weighted by atomic mass is 10.2. The Bertz CT molecular complexity index is 1140. The summed E-state index contributed by atoms with van der Waals surface area (Å²) in [5, 5.41) is 2.81. The Morgan fingerprint density at radius 1 is 0.970 bits per heavy atom. The molecule has 0 aliphatic heterocycles. The van der Waals surface area contributed by atoms with Gasteiger partial charge in [-0.05, 0) is 88.9 Å². The molecule has 33 heavy (non-hydrogen) atoms. The molecule has 0 aliphatic carbocycles. The Labute approximate surface area is 212 Å². The molecule has 1 N–H and O–H groups in total. The van der Waals surface area contributed by atoms with Gasteiger partial charge in [0.15, 0.2) is 0 Å². The van der Waals surface area contributed by atoms with E-state index in [4.69, 9.17) is 0 Å². The molecular formula is C24H24FIN2O3S2. The van der Waals surface area contributed by atoms with E-state index in [1.165, 1.54) is 24.3 Å². The second kappa shape index (κ2) is 12.4. The first-order valence-electron chi connectivity index (χ1n) is 10.3. The number of nitrogens with one attached hydrogen (secondary N) is 1. The molecule has 0 fully saturated rings. The number of thioether (sulfide) groups is 1. The maximum Gasteiger partial charge on any atom is 0.264 e. The van der Waals surface area contributed by atoms with E-state index < -0.39 is 10.0 Å². The molecular weight excluding hydrogens is 574 g/mol. The van der Waals surface area contributed by atoms with E-state index in [1.807, 2.05) is 0 Å². The van der Waals surface area contributed by atoms with Gasteiger partial charge in [0, 0.05) is 15.9 Å². The molecule has 0 spiro atoms. The van der Waals surface area contributed by atoms with Crippen LogP contribution in [0.5, 0.6) is 0 Å². The number of rotatable bonds is 11. The topological polar surface area (TPSA) is 66.5 Å². The standard InChI is InChI=1S/C24H24FIN2O3S2/c25-20-9-7-19(8-10-20)18-32-16-4-15-27-24(29)17-28(22-13-11-21(26)12-14-22)33(30,31)23-5-2-1-3-6-23/h1-3,5-14H,4,15-18H2,(H,27,29). The number of anilines is 1. The van der Waals surface area contributed by atoms with E-state index >= 15 is 0 Å². The molecule has 3 aromatic rings. The summed E-state index contributed by atoms with van der Waals surface area (Å²) in [5.74, 6) is 0.974. The predicted molar refractivity (Wildman–Crippen MR) is 140 cm³/mol. The lowest BCUT2D eigenvalue weighted by Crippen LogP contribution is -2.41. The first-order valence-corrected chi connectivity index (χ1v) is 14.0. The molecule has 0 saturated carbocycles. The van der Waals surface area contributed by atoms with Crippen molar-refractivity contribution in [3.05, 3.63) is 93.8 Å². The number of carbonyl (C=O) groups is 1. The van der Waals surface area contributed by atoms with E-state index in [1.54, 1.807) is 66.4 Å². The van der Waals surface area contributed by atoms with Gasteiger partial charge in [-0.15, -0.1) is 0 Å². The van der Waals surface area contributed by atoms with E-state index in [-0.39, 0.29) is 23.2 Å². The zero-order chi connectivity index (χ0) is 23.7. The van der Waals surface area contributed by atoms with E-state index in [0.717, 1.165) is 31.4 Å². The largest absolute Gasteiger partial charge is 0.354 e. The molecule has 0 heterocycles. The second-order valence-electron chi connectivity index (χ2n) is 7.18. The maximum atomic E-state index is 13.2. The summed E-state index contributed by atoms with van der Waals surface area (Å²) in [6.07, 6.45) is 0.743. The van der Waals surface area contributed by atoms with Crippen LogP contribution in [0.15, 0.2) is 83.8 Å². The highest BCUT2D eigenvalue weighted by Gasteiger charge is 2.26. The van der Waals surface area contributed by atoms with Gasteiger partial charge in [-0.3, -0.25) is 9.10 Å². The highest BCUT2D eigenvalue weighted by molar-refractivity contribution is 14.1. The van der Waals surface area contributed by atoms with Gasteiger partial charge in [0.2, 0.25) is 5.91 Å². The van der Waals surface area contributed by atoms with Gasteiger partial charge in [-0.2, -0.15) is 11.8 Å². The van der Waals surface area contributed by atoms with Gasteiger partial charge < -0.3 is 5.32 Å². The van der Waals surface area contributed by atoms with Crippen molar-refractivity contribution in [2.75, 3.05) is 23.1 Å². The van der Waals surface area contributed by atoms with Crippen molar-refractivity contribution in [3.8, 4) is 0 Å². The number of halogens is 2. The van der Waals surface area contributed by atoms with Crippen LogP contribution in [-0.2, 0) is 20.6 Å². The molecule has 0 saturated heterocycles. The Morgan fingerprint density at radius 3 is 2.30 bits per heavy atom. The Kier molecular flexibility index (Phi) is 9.57. The maximum absolute atomic E-state index is 13.2. The highest BCUT2D eigenvalue weighted by Crippen LogP contribution is 2.24. The van der Waals surface area contributed by atoms with Crippen molar-refractivity contribution in [1.29, 1.82) is 0 Å². The normalized spacial score (nSPS) is 11.2. The average Bonchev–Trinajstić information content (AvgIpc) is 2.82. The van der Waals surface area contributed by atoms with Crippen molar-refractivity contribution in [2.24, 2.45) is 0 Å². The summed E-state index contributed by atoms with van der Waals surface area (Å²) in [4.78, 5) is 12.7. The van der Waals surface area contributed by atoms with Crippen molar-refractivity contribution in [2.45, 2.75) is 17.1 Å². The third-order valence-electron chi connectivity index (χ3n) is 4.70. The van der Waals surface area contributed by atoms with E-state index in [2.05, 4.69) is 27.9 Å². The second-order valence-corrected chi connectivity index (χ2v) is 11.4. The number of hydrogen-bond acceptors (Lipinski definition) is 4. The van der Waals surface area contributed by atoms with Gasteiger partial charge in [0.1, 0.15) is 12.4 Å². The fraction of sp³-hybridized carbons (Fsp3) is 0.208. The quantitative estimate of drug-likeness (QED) is 0.248. The first kappa shape index (κ1) is 25.5. The number of carbonyl (C=O) groups excluding carboxylic acids is 1. The average molecular weight is 599 g/mol. The van der Waals surface area contributed by atoms with Crippen LogP contribution in [0.2, 0.25) is 0 Å². The molecule has 0 aromatic heterocycles. The van der Waals surface area contributed by atoms with Gasteiger partial charge in [0.05, 0.1) is 10.6 Å². The van der Waals surface area contributed by atoms with Crippen LogP contribution < -0.4 is 9.62 Å². The lowest BCUT2D eigenvalue weighted by Gasteiger charge is -2.24. The predicted octanol–water partition coefficient (Wildman–Crippen LogP) is 5.07. The minimum Gasteiger partial charge on any atom is -0.354 e. The summed E-state index contributed by atoms with van der Waals surface area (Å²) in [6, 6.07) is 21.5. The molecule has 1 amide bonds. The minimum absolute atomic E-state index is 0.133. The number of benzene rings is 3.